The summed E-state index contributed by atoms with van der Waals surface area (Å²) in [7, 11) is 0. The maximum Gasteiger partial charge on any atom is 0.137 e. The van der Waals surface area contributed by atoms with Gasteiger partial charge < -0.3 is 5.11 Å². The van der Waals surface area contributed by atoms with Crippen molar-refractivity contribution in [3.63, 3.8) is 0 Å². The maximum atomic E-state index is 13.5. The molecule has 1 aromatic heterocycles. The molecule has 0 aliphatic heterocycles. The summed E-state index contributed by atoms with van der Waals surface area (Å²) in [6, 6.07) is 12.9. The smallest absolute Gasteiger partial charge is 0.137 e. The summed E-state index contributed by atoms with van der Waals surface area (Å²) in [4.78, 5) is 0. The van der Waals surface area contributed by atoms with Gasteiger partial charge in [-0.25, -0.2) is 4.39 Å². The van der Waals surface area contributed by atoms with Gasteiger partial charge in [-0.05, 0) is 56.0 Å². The summed E-state index contributed by atoms with van der Waals surface area (Å²) >= 11 is 4.78. The molecular formula is C16H12BrFOS. The van der Waals surface area contributed by atoms with Gasteiger partial charge >= 0.3 is 0 Å². The highest BCUT2D eigenvalue weighted by Gasteiger charge is 2.13. The summed E-state index contributed by atoms with van der Waals surface area (Å²) in [6.45, 7) is 0. The molecule has 1 atom stereocenters. The maximum absolute atomic E-state index is 13.5. The van der Waals surface area contributed by atoms with Gasteiger partial charge in [0.15, 0.2) is 0 Å². The number of thiophene rings is 1. The van der Waals surface area contributed by atoms with E-state index in [4.69, 9.17) is 0 Å². The van der Waals surface area contributed by atoms with Gasteiger partial charge in [-0.3, -0.25) is 0 Å². The Kier molecular flexibility index (Phi) is 3.87. The van der Waals surface area contributed by atoms with E-state index in [0.29, 0.717) is 16.5 Å². The fraction of sp³-hybridized carbons (Fsp3) is 0.125. The number of hydrogen-bond acceptors (Lipinski definition) is 2. The molecule has 1 N–H and O–H groups in total. The second kappa shape index (κ2) is 5.64. The minimum atomic E-state index is -0.699. The molecule has 3 rings (SSSR count). The van der Waals surface area contributed by atoms with Crippen LogP contribution in [0.2, 0.25) is 0 Å². The van der Waals surface area contributed by atoms with Crippen LogP contribution in [0.25, 0.3) is 10.1 Å². The number of hydrogen-bond donors (Lipinski definition) is 1. The van der Waals surface area contributed by atoms with Gasteiger partial charge in [0.25, 0.3) is 0 Å². The van der Waals surface area contributed by atoms with Gasteiger partial charge in [0.05, 0.1) is 10.6 Å². The average molecular weight is 351 g/mol. The van der Waals surface area contributed by atoms with Crippen molar-refractivity contribution in [2.24, 2.45) is 0 Å². The predicted molar refractivity (Wildman–Crippen MR) is 84.6 cm³/mol. The van der Waals surface area contributed by atoms with Crippen LogP contribution in [0.5, 0.6) is 0 Å². The monoisotopic (exact) mass is 350 g/mol. The molecular weight excluding hydrogens is 339 g/mol. The first-order valence-electron chi connectivity index (χ1n) is 6.23. The summed E-state index contributed by atoms with van der Waals surface area (Å²) in [5.41, 5.74) is 1.70. The lowest BCUT2D eigenvalue weighted by molar-refractivity contribution is 0.178. The summed E-state index contributed by atoms with van der Waals surface area (Å²) in [5.74, 6) is -0.350. The molecule has 1 unspecified atom stereocenters. The first kappa shape index (κ1) is 13.7. The van der Waals surface area contributed by atoms with E-state index in [1.807, 2.05) is 12.1 Å². The van der Waals surface area contributed by atoms with E-state index in [0.717, 1.165) is 10.9 Å². The van der Waals surface area contributed by atoms with Crippen LogP contribution in [-0.2, 0) is 6.42 Å². The first-order valence-corrected chi connectivity index (χ1v) is 7.90. The quantitative estimate of drug-likeness (QED) is 0.698. The number of fused-ring (bicyclic) bond motifs is 1. The summed E-state index contributed by atoms with van der Waals surface area (Å²) in [6.07, 6.45) is -0.207. The van der Waals surface area contributed by atoms with E-state index in [9.17, 15) is 9.50 Å². The van der Waals surface area contributed by atoms with Crippen molar-refractivity contribution < 1.29 is 9.50 Å². The van der Waals surface area contributed by atoms with Crippen LogP contribution in [0.1, 0.15) is 17.2 Å². The second-order valence-corrected chi connectivity index (χ2v) is 6.42. The molecule has 3 aromatic rings. The molecule has 0 aliphatic carbocycles. The molecule has 2 aromatic carbocycles. The number of halogens is 2. The largest absolute Gasteiger partial charge is 0.388 e. The lowest BCUT2D eigenvalue weighted by atomic mass is 10.0. The third-order valence-corrected chi connectivity index (χ3v) is 4.96. The third kappa shape index (κ3) is 2.64. The number of aliphatic hydroxyl groups is 1. The Labute approximate surface area is 128 Å². The SMILES string of the molecule is OC(Cc1csc2ccccc12)c1ccc(Br)c(F)c1. The van der Waals surface area contributed by atoms with Gasteiger partial charge in [-0.2, -0.15) is 0 Å². The van der Waals surface area contributed by atoms with Crippen molar-refractivity contribution in [1.29, 1.82) is 0 Å². The van der Waals surface area contributed by atoms with Crippen molar-refractivity contribution >= 4 is 37.4 Å². The molecule has 102 valence electrons. The predicted octanol–water partition coefficient (Wildman–Crippen LogP) is 5.08. The Morgan fingerprint density at radius 1 is 1.20 bits per heavy atom. The number of rotatable bonds is 3. The molecule has 0 saturated heterocycles. The molecule has 0 fully saturated rings. The van der Waals surface area contributed by atoms with Crippen LogP contribution in [0.15, 0.2) is 52.3 Å². The molecule has 20 heavy (non-hydrogen) atoms. The van der Waals surface area contributed by atoms with E-state index >= 15 is 0 Å². The summed E-state index contributed by atoms with van der Waals surface area (Å²) < 4.78 is 15.1. The van der Waals surface area contributed by atoms with E-state index in [-0.39, 0.29) is 5.82 Å². The van der Waals surface area contributed by atoms with Gasteiger partial charge in [0.2, 0.25) is 0 Å². The first-order chi connectivity index (χ1) is 9.65. The average Bonchev–Trinajstić information content (AvgIpc) is 2.85. The summed E-state index contributed by atoms with van der Waals surface area (Å²) in [5, 5.41) is 13.5. The molecule has 0 spiro atoms. The van der Waals surface area contributed by atoms with Crippen molar-refractivity contribution in [2.75, 3.05) is 0 Å². The Morgan fingerprint density at radius 3 is 2.80 bits per heavy atom. The lowest BCUT2D eigenvalue weighted by Gasteiger charge is -2.11. The van der Waals surface area contributed by atoms with Crippen LogP contribution in [0.3, 0.4) is 0 Å². The topological polar surface area (TPSA) is 20.2 Å². The zero-order chi connectivity index (χ0) is 14.1. The molecule has 0 aliphatic rings. The number of benzene rings is 2. The Hall–Kier alpha value is -1.23. The van der Waals surface area contributed by atoms with Gasteiger partial charge in [-0.15, -0.1) is 11.3 Å². The highest BCUT2D eigenvalue weighted by molar-refractivity contribution is 9.10. The van der Waals surface area contributed by atoms with Crippen molar-refractivity contribution in [3.8, 4) is 0 Å². The highest BCUT2D eigenvalue weighted by atomic mass is 79.9. The molecule has 1 heterocycles. The Morgan fingerprint density at radius 2 is 2.00 bits per heavy atom. The zero-order valence-electron chi connectivity index (χ0n) is 10.5. The van der Waals surface area contributed by atoms with Crippen molar-refractivity contribution in [2.45, 2.75) is 12.5 Å². The fourth-order valence-electron chi connectivity index (χ4n) is 2.24. The van der Waals surface area contributed by atoms with E-state index in [1.54, 1.807) is 23.5 Å². The van der Waals surface area contributed by atoms with Crippen LogP contribution < -0.4 is 0 Å². The zero-order valence-corrected chi connectivity index (χ0v) is 12.9. The van der Waals surface area contributed by atoms with Crippen molar-refractivity contribution in [3.05, 3.63) is 69.3 Å². The minimum Gasteiger partial charge on any atom is -0.388 e. The van der Waals surface area contributed by atoms with E-state index in [1.165, 1.54) is 10.8 Å². The molecule has 0 radical (unpaired) electrons. The van der Waals surface area contributed by atoms with Gasteiger partial charge in [-0.1, -0.05) is 24.3 Å². The standard InChI is InChI=1S/C16H12BrFOS/c17-13-6-5-10(7-14(13)18)15(19)8-11-9-20-16-4-2-1-3-12(11)16/h1-7,9,15,19H,8H2. The third-order valence-electron chi connectivity index (χ3n) is 3.30. The molecule has 1 nitrogen and oxygen atoms in total. The van der Waals surface area contributed by atoms with Crippen LogP contribution >= 0.6 is 27.3 Å². The number of aliphatic hydroxyl groups excluding tert-OH is 1. The lowest BCUT2D eigenvalue weighted by Crippen LogP contribution is -2.02. The molecule has 0 bridgehead atoms. The second-order valence-electron chi connectivity index (χ2n) is 4.65. The molecule has 4 heteroatoms. The normalized spacial score (nSPS) is 12.8. The van der Waals surface area contributed by atoms with Crippen molar-refractivity contribution in [1.82, 2.24) is 0 Å². The Balaban J connectivity index is 1.88. The minimum absolute atomic E-state index is 0.350. The van der Waals surface area contributed by atoms with Crippen LogP contribution in [0.4, 0.5) is 4.39 Å². The van der Waals surface area contributed by atoms with Gasteiger partial charge in [0.1, 0.15) is 5.82 Å². The fourth-order valence-corrected chi connectivity index (χ4v) is 3.46. The highest BCUT2D eigenvalue weighted by Crippen LogP contribution is 2.30. The molecule has 0 saturated carbocycles. The molecule has 0 amide bonds. The van der Waals surface area contributed by atoms with E-state index in [2.05, 4.69) is 33.4 Å². The van der Waals surface area contributed by atoms with Crippen LogP contribution in [-0.4, -0.2) is 5.11 Å². The van der Waals surface area contributed by atoms with Gasteiger partial charge in [0, 0.05) is 11.1 Å². The van der Waals surface area contributed by atoms with Crippen LogP contribution in [0, 0.1) is 5.82 Å². The Bertz CT molecular complexity index is 753. The van der Waals surface area contributed by atoms with E-state index < -0.39 is 6.10 Å².